The molecule has 1 aliphatic rings. The average Bonchev–Trinajstić information content (AvgIpc) is 2.93. The Kier molecular flexibility index (Phi) is 8.11. The molecule has 38 heavy (non-hydrogen) atoms. The summed E-state index contributed by atoms with van der Waals surface area (Å²) in [6.45, 7) is 7.06. The van der Waals surface area contributed by atoms with Crippen molar-refractivity contribution in [2.75, 3.05) is 57.6 Å². The number of anilines is 2. The Morgan fingerprint density at radius 1 is 0.947 bits per heavy atom. The number of nitrogen functional groups attached to an aromatic ring is 1. The van der Waals surface area contributed by atoms with Crippen molar-refractivity contribution >= 4 is 23.1 Å². The van der Waals surface area contributed by atoms with Gasteiger partial charge in [-0.2, -0.15) is 4.99 Å². The number of carbonyl (C=O) groups excluding carboxylic acids is 1. The standard InChI is InChI=1S/C28H31F2N5O3/c1-4-34-11-13-35(14-12-34)19-8-5-17(6-9-19)28(36)33-27(32)20-10-7-18(15-21(20)31)24-25(29)22(37-2)16-23(38-3)26(24)30/h5-10,15-16H,4,11-14,31H2,1-3H3,(H2,32,33,36). The highest BCUT2D eigenvalue weighted by Crippen LogP contribution is 2.38. The van der Waals surface area contributed by atoms with Gasteiger partial charge in [0.25, 0.3) is 5.91 Å². The number of rotatable bonds is 7. The molecule has 0 unspecified atom stereocenters. The van der Waals surface area contributed by atoms with Crippen LogP contribution in [0.4, 0.5) is 20.2 Å². The van der Waals surface area contributed by atoms with E-state index in [-0.39, 0.29) is 39.7 Å². The van der Waals surface area contributed by atoms with Gasteiger partial charge in [0.15, 0.2) is 23.1 Å². The van der Waals surface area contributed by atoms with Gasteiger partial charge in [0, 0.05) is 54.7 Å². The highest BCUT2D eigenvalue weighted by molar-refractivity contribution is 6.11. The lowest BCUT2D eigenvalue weighted by atomic mass is 10.00. The molecule has 0 radical (unpaired) electrons. The van der Waals surface area contributed by atoms with Crippen LogP contribution in [0, 0.1) is 11.6 Å². The molecule has 3 aromatic carbocycles. The van der Waals surface area contributed by atoms with Gasteiger partial charge in [-0.05, 0) is 48.5 Å². The number of halogens is 2. The van der Waals surface area contributed by atoms with E-state index < -0.39 is 17.5 Å². The smallest absolute Gasteiger partial charge is 0.278 e. The first kappa shape index (κ1) is 26.9. The van der Waals surface area contributed by atoms with Crippen LogP contribution >= 0.6 is 0 Å². The van der Waals surface area contributed by atoms with Crippen molar-refractivity contribution in [3.8, 4) is 22.6 Å². The van der Waals surface area contributed by atoms with E-state index in [0.717, 1.165) is 44.5 Å². The number of piperazine rings is 1. The zero-order chi connectivity index (χ0) is 27.4. The summed E-state index contributed by atoms with van der Waals surface area (Å²) in [6.07, 6.45) is 0. The molecule has 1 amide bonds. The number of nitrogens with two attached hydrogens (primary N) is 2. The molecule has 200 valence electrons. The Labute approximate surface area is 220 Å². The van der Waals surface area contributed by atoms with Crippen molar-refractivity contribution in [3.05, 3.63) is 71.3 Å². The second kappa shape index (κ2) is 11.5. The summed E-state index contributed by atoms with van der Waals surface area (Å²) in [4.78, 5) is 21.4. The maximum atomic E-state index is 14.9. The number of likely N-dealkylation sites (N-methyl/N-ethyl adjacent to an activating group) is 1. The van der Waals surface area contributed by atoms with E-state index in [1.807, 2.05) is 12.1 Å². The molecule has 0 bridgehead atoms. The molecule has 10 heteroatoms. The first-order chi connectivity index (χ1) is 18.3. The molecule has 4 rings (SSSR count). The van der Waals surface area contributed by atoms with Crippen LogP contribution in [-0.4, -0.2) is 63.6 Å². The van der Waals surface area contributed by atoms with Crippen molar-refractivity contribution in [3.63, 3.8) is 0 Å². The van der Waals surface area contributed by atoms with E-state index in [2.05, 4.69) is 21.7 Å². The monoisotopic (exact) mass is 523 g/mol. The first-order valence-corrected chi connectivity index (χ1v) is 12.2. The molecule has 1 fully saturated rings. The molecular weight excluding hydrogens is 492 g/mol. The number of amides is 1. The minimum atomic E-state index is -0.898. The van der Waals surface area contributed by atoms with Crippen LogP contribution in [-0.2, 0) is 0 Å². The first-order valence-electron chi connectivity index (χ1n) is 12.2. The zero-order valence-electron chi connectivity index (χ0n) is 21.6. The predicted molar refractivity (Wildman–Crippen MR) is 145 cm³/mol. The lowest BCUT2D eigenvalue weighted by molar-refractivity contribution is 0.100. The van der Waals surface area contributed by atoms with Gasteiger partial charge in [-0.15, -0.1) is 0 Å². The number of hydrogen-bond donors (Lipinski definition) is 2. The molecule has 1 aliphatic heterocycles. The molecule has 0 atom stereocenters. The third-order valence-corrected chi connectivity index (χ3v) is 6.71. The lowest BCUT2D eigenvalue weighted by Crippen LogP contribution is -2.46. The number of amidine groups is 1. The van der Waals surface area contributed by atoms with Crippen LogP contribution in [0.3, 0.4) is 0 Å². The summed E-state index contributed by atoms with van der Waals surface area (Å²) >= 11 is 0. The number of ether oxygens (including phenoxy) is 2. The van der Waals surface area contributed by atoms with Gasteiger partial charge in [0.1, 0.15) is 5.84 Å². The second-order valence-electron chi connectivity index (χ2n) is 8.86. The maximum Gasteiger partial charge on any atom is 0.278 e. The highest BCUT2D eigenvalue weighted by atomic mass is 19.1. The Morgan fingerprint density at radius 3 is 2.08 bits per heavy atom. The molecule has 3 aromatic rings. The largest absolute Gasteiger partial charge is 0.494 e. The molecule has 0 spiro atoms. The van der Waals surface area contributed by atoms with Crippen molar-refractivity contribution in [2.24, 2.45) is 10.7 Å². The molecular formula is C28H31F2N5O3. The zero-order valence-corrected chi connectivity index (χ0v) is 21.6. The van der Waals surface area contributed by atoms with Crippen LogP contribution in [0.15, 0.2) is 53.5 Å². The fraction of sp³-hybridized carbons (Fsp3) is 0.286. The molecule has 8 nitrogen and oxygen atoms in total. The van der Waals surface area contributed by atoms with Gasteiger partial charge in [-0.25, -0.2) is 8.78 Å². The molecule has 0 saturated carbocycles. The van der Waals surface area contributed by atoms with Crippen molar-refractivity contribution in [2.45, 2.75) is 6.92 Å². The normalized spacial score (nSPS) is 14.4. The molecule has 0 aromatic heterocycles. The molecule has 1 saturated heterocycles. The highest BCUT2D eigenvalue weighted by Gasteiger charge is 2.22. The van der Waals surface area contributed by atoms with Gasteiger partial charge >= 0.3 is 0 Å². The minimum Gasteiger partial charge on any atom is -0.494 e. The maximum absolute atomic E-state index is 14.9. The number of carbonyl (C=O) groups is 1. The third kappa shape index (κ3) is 5.40. The van der Waals surface area contributed by atoms with Crippen LogP contribution in [0.5, 0.6) is 11.5 Å². The van der Waals surface area contributed by atoms with Gasteiger partial charge in [-0.3, -0.25) is 4.79 Å². The van der Waals surface area contributed by atoms with Gasteiger partial charge < -0.3 is 30.7 Å². The Bertz CT molecular complexity index is 1330. The fourth-order valence-corrected chi connectivity index (χ4v) is 4.46. The Balaban J connectivity index is 1.54. The molecule has 1 heterocycles. The van der Waals surface area contributed by atoms with E-state index in [1.165, 1.54) is 32.4 Å². The van der Waals surface area contributed by atoms with Crippen LogP contribution in [0.25, 0.3) is 11.1 Å². The van der Waals surface area contributed by atoms with Crippen LogP contribution in [0.2, 0.25) is 0 Å². The van der Waals surface area contributed by atoms with Crippen LogP contribution in [0.1, 0.15) is 22.8 Å². The third-order valence-electron chi connectivity index (χ3n) is 6.71. The van der Waals surface area contributed by atoms with E-state index >= 15 is 0 Å². The summed E-state index contributed by atoms with van der Waals surface area (Å²) in [5.74, 6) is -2.79. The van der Waals surface area contributed by atoms with Crippen molar-refractivity contribution in [1.29, 1.82) is 0 Å². The van der Waals surface area contributed by atoms with E-state index in [9.17, 15) is 13.6 Å². The molecule has 0 aliphatic carbocycles. The minimum absolute atomic E-state index is 0.0960. The van der Waals surface area contributed by atoms with E-state index in [1.54, 1.807) is 12.1 Å². The number of hydrogen-bond acceptors (Lipinski definition) is 6. The molecule has 4 N–H and O–H groups in total. The van der Waals surface area contributed by atoms with E-state index in [0.29, 0.717) is 5.56 Å². The number of methoxy groups -OCH3 is 2. The summed E-state index contributed by atoms with van der Waals surface area (Å²) in [6, 6.07) is 12.6. The summed E-state index contributed by atoms with van der Waals surface area (Å²) < 4.78 is 39.8. The topological polar surface area (TPSA) is 106 Å². The SMILES string of the molecule is CCN1CCN(c2ccc(C(=O)N=C(N)c3ccc(-c4c(F)c(OC)cc(OC)c4F)cc3N)cc2)CC1. The Hall–Kier alpha value is -4.18. The predicted octanol–water partition coefficient (Wildman–Crippen LogP) is 3.92. The number of nitrogens with zero attached hydrogens (tertiary/aromatic N) is 3. The summed E-state index contributed by atoms with van der Waals surface area (Å²) in [5.41, 5.74) is 13.8. The van der Waals surface area contributed by atoms with Gasteiger partial charge in [0.05, 0.1) is 19.8 Å². The average molecular weight is 524 g/mol. The van der Waals surface area contributed by atoms with Crippen molar-refractivity contribution < 1.29 is 23.0 Å². The Morgan fingerprint density at radius 2 is 1.55 bits per heavy atom. The fourth-order valence-electron chi connectivity index (χ4n) is 4.46. The van der Waals surface area contributed by atoms with E-state index in [4.69, 9.17) is 20.9 Å². The summed E-state index contributed by atoms with van der Waals surface area (Å²) in [7, 11) is 2.54. The number of benzene rings is 3. The van der Waals surface area contributed by atoms with Gasteiger partial charge in [0.2, 0.25) is 0 Å². The van der Waals surface area contributed by atoms with Crippen molar-refractivity contribution in [1.82, 2.24) is 4.90 Å². The lowest BCUT2D eigenvalue weighted by Gasteiger charge is -2.35. The number of aliphatic imine (C=N–C) groups is 1. The summed E-state index contributed by atoms with van der Waals surface area (Å²) in [5, 5.41) is 0. The van der Waals surface area contributed by atoms with Gasteiger partial charge in [-0.1, -0.05) is 13.0 Å². The quantitative estimate of drug-likeness (QED) is 0.275. The van der Waals surface area contributed by atoms with Crippen LogP contribution < -0.4 is 25.8 Å². The second-order valence-corrected chi connectivity index (χ2v) is 8.86.